The van der Waals surface area contributed by atoms with Crippen LogP contribution in [0.1, 0.15) is 19.8 Å². The Balaban J connectivity index is 1.75. The van der Waals surface area contributed by atoms with E-state index in [2.05, 4.69) is 4.99 Å². The zero-order valence-corrected chi connectivity index (χ0v) is 20.6. The van der Waals surface area contributed by atoms with Crippen molar-refractivity contribution in [3.8, 4) is 0 Å². The number of hydrogen-bond acceptors (Lipinski definition) is 8. The molecule has 2 heterocycles. The van der Waals surface area contributed by atoms with Crippen molar-refractivity contribution in [1.29, 1.82) is 0 Å². The van der Waals surface area contributed by atoms with E-state index >= 15 is 0 Å². The zero-order valence-electron chi connectivity index (χ0n) is 19.0. The number of hydrogen-bond donors (Lipinski definition) is 0. The fourth-order valence-electron chi connectivity index (χ4n) is 3.93. The van der Waals surface area contributed by atoms with Crippen molar-refractivity contribution in [3.05, 3.63) is 63.2 Å². The lowest BCUT2D eigenvalue weighted by molar-refractivity contribution is -0.384. The summed E-state index contributed by atoms with van der Waals surface area (Å²) in [6.45, 7) is 1.49. The Morgan fingerprint density at radius 1 is 1.25 bits per heavy atom. The zero-order chi connectivity index (χ0) is 26.0. The summed E-state index contributed by atoms with van der Waals surface area (Å²) in [6.07, 6.45) is 0.658. The van der Waals surface area contributed by atoms with Crippen molar-refractivity contribution < 1.29 is 32.1 Å². The first-order valence-electron chi connectivity index (χ1n) is 10.9. The number of nitrogens with zero attached hydrogens (tertiary/aromatic N) is 4. The summed E-state index contributed by atoms with van der Waals surface area (Å²) < 4.78 is 47.4. The van der Waals surface area contributed by atoms with Gasteiger partial charge in [-0.15, -0.1) is 0 Å². The maximum atomic E-state index is 13.3. The van der Waals surface area contributed by atoms with E-state index in [1.165, 1.54) is 22.8 Å². The predicted octanol–water partition coefficient (Wildman–Crippen LogP) is 2.59. The molecule has 1 amide bonds. The lowest BCUT2D eigenvalue weighted by Crippen LogP contribution is -2.40. The number of nitro groups is 1. The number of halogens is 1. The fourth-order valence-corrected chi connectivity index (χ4v) is 6.60. The fraction of sp³-hybridized carbons (Fsp3) is 0.318. The summed E-state index contributed by atoms with van der Waals surface area (Å²) in [7, 11) is -4.08. The van der Waals surface area contributed by atoms with E-state index in [9.17, 15) is 32.5 Å². The molecule has 11 nitrogen and oxygen atoms in total. The van der Waals surface area contributed by atoms with Crippen LogP contribution in [0.2, 0.25) is 0 Å². The molecule has 0 aliphatic carbocycles. The summed E-state index contributed by atoms with van der Waals surface area (Å²) >= 11 is 1.03. The molecule has 0 saturated carbocycles. The van der Waals surface area contributed by atoms with Crippen LogP contribution in [0.25, 0.3) is 10.2 Å². The number of ether oxygens (including phenoxy) is 1. The minimum Gasteiger partial charge on any atom is -0.465 e. The van der Waals surface area contributed by atoms with Gasteiger partial charge in [-0.2, -0.15) is 9.30 Å². The molecule has 2 aromatic carbocycles. The molecule has 3 aromatic rings. The molecule has 0 spiro atoms. The molecule has 1 unspecified atom stereocenters. The normalized spacial score (nSPS) is 16.9. The number of esters is 1. The molecule has 1 fully saturated rings. The van der Waals surface area contributed by atoms with Crippen LogP contribution >= 0.6 is 11.3 Å². The summed E-state index contributed by atoms with van der Waals surface area (Å²) in [5.41, 5.74) is 0.110. The lowest BCUT2D eigenvalue weighted by atomic mass is 10.2. The van der Waals surface area contributed by atoms with Crippen LogP contribution < -0.4 is 4.80 Å². The molecule has 14 heteroatoms. The largest absolute Gasteiger partial charge is 0.465 e. The summed E-state index contributed by atoms with van der Waals surface area (Å²) in [5.74, 6) is -1.95. The van der Waals surface area contributed by atoms with Crippen LogP contribution in [0.15, 0.2) is 52.4 Å². The third kappa shape index (κ3) is 5.05. The molecule has 190 valence electrons. The third-order valence-corrected chi connectivity index (χ3v) is 8.57. The lowest BCUT2D eigenvalue weighted by Gasteiger charge is -2.21. The topological polar surface area (TPSA) is 141 Å². The van der Waals surface area contributed by atoms with Crippen molar-refractivity contribution in [2.75, 3.05) is 13.2 Å². The average Bonchev–Trinajstić information content (AvgIpc) is 3.45. The standard InChI is InChI=1S/C22H21FN4O7S2/c1-2-34-20(28)13-25-18-12-15(27(30)31)7-10-19(18)35-22(25)24-21(29)17-4-3-11-26(17)36(32,33)16-8-5-14(23)6-9-16/h5-10,12,17H,2-4,11,13H2,1H3. The van der Waals surface area contributed by atoms with E-state index in [-0.39, 0.29) is 41.5 Å². The number of amides is 1. The maximum absolute atomic E-state index is 13.3. The molecule has 1 atom stereocenters. The second kappa shape index (κ2) is 10.2. The molecular formula is C22H21FN4O7S2. The predicted molar refractivity (Wildman–Crippen MR) is 127 cm³/mol. The van der Waals surface area contributed by atoms with Gasteiger partial charge in [-0.3, -0.25) is 19.7 Å². The minimum absolute atomic E-state index is 0.0783. The molecule has 1 aliphatic heterocycles. The number of thiazole rings is 1. The average molecular weight is 537 g/mol. The van der Waals surface area contributed by atoms with Crippen molar-refractivity contribution in [3.63, 3.8) is 0 Å². The Hall–Kier alpha value is -3.49. The van der Waals surface area contributed by atoms with Crippen molar-refractivity contribution in [2.24, 2.45) is 4.99 Å². The monoisotopic (exact) mass is 536 g/mol. The summed E-state index contributed by atoms with van der Waals surface area (Å²) in [6, 6.07) is 7.29. The van der Waals surface area contributed by atoms with Gasteiger partial charge in [-0.05, 0) is 50.1 Å². The van der Waals surface area contributed by atoms with Crippen LogP contribution in [0.5, 0.6) is 0 Å². The van der Waals surface area contributed by atoms with Gasteiger partial charge in [0.05, 0.1) is 26.6 Å². The van der Waals surface area contributed by atoms with Crippen LogP contribution in [-0.4, -0.2) is 53.3 Å². The van der Waals surface area contributed by atoms with Gasteiger partial charge in [-0.25, -0.2) is 12.8 Å². The Morgan fingerprint density at radius 3 is 2.64 bits per heavy atom. The van der Waals surface area contributed by atoms with Gasteiger partial charge in [0.25, 0.3) is 11.6 Å². The second-order valence-corrected chi connectivity index (χ2v) is 10.8. The Labute approximate surface area is 208 Å². The van der Waals surface area contributed by atoms with Crippen molar-refractivity contribution in [1.82, 2.24) is 8.87 Å². The first-order chi connectivity index (χ1) is 17.1. The number of aromatic nitrogens is 1. The molecular weight excluding hydrogens is 515 g/mol. The Kier molecular flexibility index (Phi) is 7.28. The molecule has 0 bridgehead atoms. The number of carbonyl (C=O) groups is 2. The van der Waals surface area contributed by atoms with Crippen molar-refractivity contribution in [2.45, 2.75) is 37.2 Å². The second-order valence-electron chi connectivity index (χ2n) is 7.86. The van der Waals surface area contributed by atoms with E-state index in [0.717, 1.165) is 39.9 Å². The van der Waals surface area contributed by atoms with Gasteiger partial charge in [0.1, 0.15) is 18.4 Å². The Bertz CT molecular complexity index is 1510. The quantitative estimate of drug-likeness (QED) is 0.257. The molecule has 1 saturated heterocycles. The van der Waals surface area contributed by atoms with Crippen LogP contribution in [-0.2, 0) is 30.9 Å². The van der Waals surface area contributed by atoms with Crippen LogP contribution in [0.3, 0.4) is 0 Å². The Morgan fingerprint density at radius 2 is 1.97 bits per heavy atom. The van der Waals surface area contributed by atoms with Crippen LogP contribution in [0, 0.1) is 15.9 Å². The number of fused-ring (bicyclic) bond motifs is 1. The number of benzene rings is 2. The third-order valence-electron chi connectivity index (χ3n) is 5.58. The molecule has 0 N–H and O–H groups in total. The van der Waals surface area contributed by atoms with Gasteiger partial charge in [0.15, 0.2) is 4.80 Å². The highest BCUT2D eigenvalue weighted by Crippen LogP contribution is 2.28. The number of carbonyl (C=O) groups excluding carboxylic acids is 2. The van der Waals surface area contributed by atoms with Gasteiger partial charge < -0.3 is 9.30 Å². The molecule has 1 aromatic heterocycles. The highest BCUT2D eigenvalue weighted by atomic mass is 32.2. The first kappa shape index (κ1) is 25.6. The van der Waals surface area contributed by atoms with Crippen molar-refractivity contribution >= 4 is 49.1 Å². The molecule has 4 rings (SSSR count). The van der Waals surface area contributed by atoms with Crippen LogP contribution in [0.4, 0.5) is 10.1 Å². The molecule has 36 heavy (non-hydrogen) atoms. The summed E-state index contributed by atoms with van der Waals surface area (Å²) in [4.78, 5) is 40.2. The number of sulfonamides is 1. The number of non-ortho nitro benzene ring substituents is 1. The highest BCUT2D eigenvalue weighted by Gasteiger charge is 2.39. The minimum atomic E-state index is -4.08. The van der Waals surface area contributed by atoms with Gasteiger partial charge >= 0.3 is 5.97 Å². The molecule has 1 aliphatic rings. The number of rotatable bonds is 7. The summed E-state index contributed by atoms with van der Waals surface area (Å²) in [5, 5.41) is 11.3. The highest BCUT2D eigenvalue weighted by molar-refractivity contribution is 7.89. The van der Waals surface area contributed by atoms with E-state index in [4.69, 9.17) is 4.74 Å². The van der Waals surface area contributed by atoms with Gasteiger partial charge in [0, 0.05) is 18.7 Å². The van der Waals surface area contributed by atoms with E-state index in [1.54, 1.807) is 6.92 Å². The first-order valence-corrected chi connectivity index (χ1v) is 13.2. The maximum Gasteiger partial charge on any atom is 0.326 e. The smallest absolute Gasteiger partial charge is 0.326 e. The van der Waals surface area contributed by atoms with Gasteiger partial charge in [0.2, 0.25) is 10.0 Å². The number of nitro benzene ring substituents is 1. The van der Waals surface area contributed by atoms with E-state index in [1.807, 2.05) is 0 Å². The SMILES string of the molecule is CCOC(=O)Cn1c(=NC(=O)C2CCCN2S(=O)(=O)c2ccc(F)cc2)sc2ccc([N+](=O)[O-])cc21. The van der Waals surface area contributed by atoms with E-state index in [0.29, 0.717) is 16.6 Å². The van der Waals surface area contributed by atoms with Gasteiger partial charge in [-0.1, -0.05) is 11.3 Å². The molecule has 0 radical (unpaired) electrons. The van der Waals surface area contributed by atoms with E-state index < -0.39 is 38.7 Å².